The third-order valence-electron chi connectivity index (χ3n) is 5.51. The molecule has 156 valence electrons. The molecule has 2 aliphatic rings. The molecule has 1 N–H and O–H groups in total. The lowest BCUT2D eigenvalue weighted by atomic mass is 9.81. The third-order valence-corrected chi connectivity index (χ3v) is 5.51. The Kier molecular flexibility index (Phi) is 6.95. The van der Waals surface area contributed by atoms with E-state index in [1.54, 1.807) is 18.2 Å². The van der Waals surface area contributed by atoms with Gasteiger partial charge in [-0.25, -0.2) is 4.39 Å². The van der Waals surface area contributed by atoms with E-state index in [-0.39, 0.29) is 49.0 Å². The second kappa shape index (κ2) is 9.62. The molecule has 0 aromatic heterocycles. The summed E-state index contributed by atoms with van der Waals surface area (Å²) in [5.41, 5.74) is 0.491. The number of rotatable bonds is 8. The number of nitrogens with zero attached hydrogens (tertiary/aromatic N) is 1. The monoisotopic (exact) mass is 404 g/mol. The zero-order chi connectivity index (χ0) is 20.8. The number of hydrogen-bond donors (Lipinski definition) is 1. The van der Waals surface area contributed by atoms with Crippen molar-refractivity contribution >= 4 is 23.7 Å². The largest absolute Gasteiger partial charge is 0.456 e. The Labute approximate surface area is 168 Å². The number of carbonyl (C=O) groups is 4. The van der Waals surface area contributed by atoms with Gasteiger partial charge in [-0.3, -0.25) is 24.1 Å². The number of amides is 3. The van der Waals surface area contributed by atoms with E-state index in [4.69, 9.17) is 4.74 Å². The number of halogens is 1. The van der Waals surface area contributed by atoms with Crippen molar-refractivity contribution in [2.75, 3.05) is 19.7 Å². The van der Waals surface area contributed by atoms with Crippen LogP contribution in [0, 0.1) is 17.7 Å². The minimum atomic E-state index is -0.648. The first-order valence-electron chi connectivity index (χ1n) is 9.98. The first kappa shape index (κ1) is 21.0. The van der Waals surface area contributed by atoms with Crippen LogP contribution in [0.2, 0.25) is 0 Å². The summed E-state index contributed by atoms with van der Waals surface area (Å²) >= 11 is 0. The maximum absolute atomic E-state index is 13.5. The van der Waals surface area contributed by atoms with E-state index < -0.39 is 18.5 Å². The van der Waals surface area contributed by atoms with Gasteiger partial charge in [0, 0.05) is 13.1 Å². The topological polar surface area (TPSA) is 92.8 Å². The first-order chi connectivity index (χ1) is 14.0. The number of imide groups is 1. The lowest BCUT2D eigenvalue weighted by Gasteiger charge is -2.19. The predicted molar refractivity (Wildman–Crippen MR) is 101 cm³/mol. The summed E-state index contributed by atoms with van der Waals surface area (Å²) in [5, 5.41) is 2.56. The summed E-state index contributed by atoms with van der Waals surface area (Å²) < 4.78 is 18.4. The van der Waals surface area contributed by atoms with Gasteiger partial charge < -0.3 is 10.1 Å². The molecule has 1 aromatic carbocycles. The van der Waals surface area contributed by atoms with Crippen LogP contribution < -0.4 is 5.32 Å². The fourth-order valence-corrected chi connectivity index (χ4v) is 3.96. The highest BCUT2D eigenvalue weighted by molar-refractivity contribution is 6.05. The van der Waals surface area contributed by atoms with Crippen LogP contribution in [-0.2, 0) is 30.3 Å². The highest BCUT2D eigenvalue weighted by Crippen LogP contribution is 2.37. The Balaban J connectivity index is 1.34. The van der Waals surface area contributed by atoms with Crippen LogP contribution in [-0.4, -0.2) is 48.3 Å². The Hall–Kier alpha value is -2.77. The van der Waals surface area contributed by atoms with Crippen molar-refractivity contribution in [1.82, 2.24) is 10.2 Å². The summed E-state index contributed by atoms with van der Waals surface area (Å²) in [6.07, 6.45) is 3.53. The molecule has 29 heavy (non-hydrogen) atoms. The summed E-state index contributed by atoms with van der Waals surface area (Å²) in [4.78, 5) is 49.5. The quantitative estimate of drug-likeness (QED) is 0.525. The lowest BCUT2D eigenvalue weighted by molar-refractivity contribution is -0.149. The summed E-state index contributed by atoms with van der Waals surface area (Å²) in [5.74, 6) is -2.35. The number of esters is 1. The SMILES string of the molecule is O=C(COC(=O)CCN1C(=O)[C@@H]2CCCC[C@H]2C1=O)NCCc1ccccc1F. The zero-order valence-electron chi connectivity index (χ0n) is 16.2. The van der Waals surface area contributed by atoms with Gasteiger partial charge >= 0.3 is 5.97 Å². The van der Waals surface area contributed by atoms with E-state index in [1.165, 1.54) is 6.07 Å². The van der Waals surface area contributed by atoms with Crippen LogP contribution in [0.4, 0.5) is 4.39 Å². The van der Waals surface area contributed by atoms with E-state index >= 15 is 0 Å². The number of nitrogens with one attached hydrogen (secondary N) is 1. The molecular weight excluding hydrogens is 379 g/mol. The number of ether oxygens (including phenoxy) is 1. The van der Waals surface area contributed by atoms with Gasteiger partial charge in [-0.15, -0.1) is 0 Å². The van der Waals surface area contributed by atoms with E-state index in [9.17, 15) is 23.6 Å². The molecule has 0 radical (unpaired) electrons. The second-order valence-electron chi connectivity index (χ2n) is 7.43. The molecule has 7 nitrogen and oxygen atoms in total. The molecule has 0 unspecified atom stereocenters. The van der Waals surface area contributed by atoms with Crippen LogP contribution >= 0.6 is 0 Å². The van der Waals surface area contributed by atoms with Crippen molar-refractivity contribution < 1.29 is 28.3 Å². The van der Waals surface area contributed by atoms with Gasteiger partial charge in [0.15, 0.2) is 6.61 Å². The number of fused-ring (bicyclic) bond motifs is 1. The Bertz CT molecular complexity index is 773. The Morgan fingerprint density at radius 3 is 2.41 bits per heavy atom. The number of hydrogen-bond acceptors (Lipinski definition) is 5. The van der Waals surface area contributed by atoms with Crippen LogP contribution in [0.15, 0.2) is 24.3 Å². The van der Waals surface area contributed by atoms with Crippen molar-refractivity contribution in [2.24, 2.45) is 11.8 Å². The summed E-state index contributed by atoms with van der Waals surface area (Å²) in [6.45, 7) is -0.251. The summed E-state index contributed by atoms with van der Waals surface area (Å²) in [6, 6.07) is 6.29. The minimum Gasteiger partial charge on any atom is -0.456 e. The van der Waals surface area contributed by atoms with Gasteiger partial charge in [0.1, 0.15) is 5.82 Å². The molecule has 1 saturated carbocycles. The van der Waals surface area contributed by atoms with E-state index in [0.717, 1.165) is 30.6 Å². The first-order valence-corrected chi connectivity index (χ1v) is 9.98. The van der Waals surface area contributed by atoms with Gasteiger partial charge in [-0.05, 0) is 30.9 Å². The molecule has 0 spiro atoms. The van der Waals surface area contributed by atoms with Crippen LogP contribution in [0.25, 0.3) is 0 Å². The molecule has 1 saturated heterocycles. The van der Waals surface area contributed by atoms with Crippen LogP contribution in [0.1, 0.15) is 37.7 Å². The second-order valence-corrected chi connectivity index (χ2v) is 7.43. The van der Waals surface area contributed by atoms with Crippen molar-refractivity contribution in [3.05, 3.63) is 35.6 Å². The average molecular weight is 404 g/mol. The maximum Gasteiger partial charge on any atom is 0.308 e. The molecule has 1 heterocycles. The fourth-order valence-electron chi connectivity index (χ4n) is 3.96. The van der Waals surface area contributed by atoms with Crippen molar-refractivity contribution in [1.29, 1.82) is 0 Å². The Morgan fingerprint density at radius 2 is 1.76 bits per heavy atom. The van der Waals surface area contributed by atoms with E-state index in [2.05, 4.69) is 5.32 Å². The standard InChI is InChI=1S/C21H25FN2O5/c22-17-8-4-1-5-14(17)9-11-23-18(25)13-29-19(26)10-12-24-20(27)15-6-2-3-7-16(15)21(24)28/h1,4-5,8,15-16H,2-3,6-7,9-13H2,(H,23,25)/t15-,16-/m1/s1. The minimum absolute atomic E-state index is 0.0155. The number of carbonyl (C=O) groups excluding carboxylic acids is 4. The molecule has 2 atom stereocenters. The molecule has 0 bridgehead atoms. The molecule has 2 fully saturated rings. The van der Waals surface area contributed by atoms with E-state index in [1.807, 2.05) is 0 Å². The normalized spacial score (nSPS) is 21.1. The summed E-state index contributed by atoms with van der Waals surface area (Å²) in [7, 11) is 0. The third kappa shape index (κ3) is 5.19. The molecule has 1 aromatic rings. The van der Waals surface area contributed by atoms with Gasteiger partial charge in [0.05, 0.1) is 18.3 Å². The molecule has 3 rings (SSSR count). The van der Waals surface area contributed by atoms with Crippen molar-refractivity contribution in [3.63, 3.8) is 0 Å². The number of likely N-dealkylation sites (tertiary alicyclic amines) is 1. The molecule has 8 heteroatoms. The van der Waals surface area contributed by atoms with E-state index in [0.29, 0.717) is 12.0 Å². The highest BCUT2D eigenvalue weighted by Gasteiger charge is 2.47. The number of benzene rings is 1. The molecule has 1 aliphatic carbocycles. The Morgan fingerprint density at radius 1 is 1.10 bits per heavy atom. The van der Waals surface area contributed by atoms with Crippen molar-refractivity contribution in [2.45, 2.75) is 38.5 Å². The van der Waals surface area contributed by atoms with Crippen molar-refractivity contribution in [3.8, 4) is 0 Å². The molecule has 1 aliphatic heterocycles. The fraction of sp³-hybridized carbons (Fsp3) is 0.524. The molecular formula is C21H25FN2O5. The average Bonchev–Trinajstić information content (AvgIpc) is 2.97. The zero-order valence-corrected chi connectivity index (χ0v) is 16.2. The van der Waals surface area contributed by atoms with Crippen LogP contribution in [0.3, 0.4) is 0 Å². The van der Waals surface area contributed by atoms with Gasteiger partial charge in [-0.2, -0.15) is 0 Å². The highest BCUT2D eigenvalue weighted by atomic mass is 19.1. The maximum atomic E-state index is 13.5. The van der Waals surface area contributed by atoms with Gasteiger partial charge in [0.25, 0.3) is 5.91 Å². The molecule has 3 amide bonds. The van der Waals surface area contributed by atoms with Gasteiger partial charge in [0.2, 0.25) is 11.8 Å². The van der Waals surface area contributed by atoms with Crippen LogP contribution in [0.5, 0.6) is 0 Å². The predicted octanol–water partition coefficient (Wildman–Crippen LogP) is 1.59. The van der Waals surface area contributed by atoms with Gasteiger partial charge in [-0.1, -0.05) is 31.0 Å². The smallest absolute Gasteiger partial charge is 0.308 e. The lowest BCUT2D eigenvalue weighted by Crippen LogP contribution is -2.34.